The molecule has 2 aliphatic heterocycles. The van der Waals surface area contributed by atoms with Gasteiger partial charge in [-0.15, -0.1) is 0 Å². The lowest BCUT2D eigenvalue weighted by atomic mass is 9.64. The standard InChI is InChI=1S/C40H25N3S2/c1-3-12-26(13-4-1)37-41-38(27-14-5-2-6-15-27)43-39(42-37)28-22-24-29(25-23-28)40-30-16-7-9-18-32(30)44-34-20-11-21-35(36(34)40)45-33-19-10-8-17-31(33)40/h1-25H. The van der Waals surface area contributed by atoms with Crippen molar-refractivity contribution in [1.82, 2.24) is 15.0 Å². The van der Waals surface area contributed by atoms with Gasteiger partial charge in [-0.25, -0.2) is 15.0 Å². The molecule has 0 aliphatic carbocycles. The summed E-state index contributed by atoms with van der Waals surface area (Å²) in [6.45, 7) is 0. The minimum Gasteiger partial charge on any atom is -0.208 e. The lowest BCUT2D eigenvalue weighted by Crippen LogP contribution is -2.36. The molecular formula is C40H25N3S2. The molecule has 1 aromatic heterocycles. The van der Waals surface area contributed by atoms with E-state index in [0.29, 0.717) is 17.5 Å². The number of rotatable bonds is 4. The van der Waals surface area contributed by atoms with Crippen molar-refractivity contribution < 1.29 is 0 Å². The van der Waals surface area contributed by atoms with Gasteiger partial charge in [0.15, 0.2) is 17.5 Å². The quantitative estimate of drug-likeness (QED) is 0.198. The van der Waals surface area contributed by atoms with Gasteiger partial charge < -0.3 is 0 Å². The first-order chi connectivity index (χ1) is 22.3. The Labute approximate surface area is 270 Å². The maximum atomic E-state index is 4.98. The Balaban J connectivity index is 1.25. The van der Waals surface area contributed by atoms with Gasteiger partial charge in [0.2, 0.25) is 0 Å². The van der Waals surface area contributed by atoms with Gasteiger partial charge in [0.25, 0.3) is 0 Å². The Bertz CT molecular complexity index is 2090. The summed E-state index contributed by atoms with van der Waals surface area (Å²) in [6, 6.07) is 53.7. The van der Waals surface area contributed by atoms with Crippen molar-refractivity contribution in [2.45, 2.75) is 25.0 Å². The third-order valence-corrected chi connectivity index (χ3v) is 10.9. The largest absolute Gasteiger partial charge is 0.208 e. The van der Waals surface area contributed by atoms with Gasteiger partial charge in [0, 0.05) is 36.3 Å². The normalized spacial score (nSPS) is 13.8. The van der Waals surface area contributed by atoms with E-state index in [0.717, 1.165) is 16.7 Å². The smallest absolute Gasteiger partial charge is 0.164 e. The fraction of sp³-hybridized carbons (Fsp3) is 0.0250. The third-order valence-electron chi connectivity index (χ3n) is 8.66. The fourth-order valence-electron chi connectivity index (χ4n) is 6.70. The summed E-state index contributed by atoms with van der Waals surface area (Å²) < 4.78 is 0. The van der Waals surface area contributed by atoms with Crippen LogP contribution < -0.4 is 0 Å². The van der Waals surface area contributed by atoms with E-state index in [-0.39, 0.29) is 0 Å². The van der Waals surface area contributed by atoms with Gasteiger partial charge in [-0.1, -0.05) is 151 Å². The summed E-state index contributed by atoms with van der Waals surface area (Å²) in [4.78, 5) is 20.1. The van der Waals surface area contributed by atoms with Crippen LogP contribution in [0.4, 0.5) is 0 Å². The summed E-state index contributed by atoms with van der Waals surface area (Å²) in [5.41, 5.74) is 7.72. The van der Waals surface area contributed by atoms with Crippen molar-refractivity contribution in [1.29, 1.82) is 0 Å². The molecule has 45 heavy (non-hydrogen) atoms. The Kier molecular flexibility index (Phi) is 6.22. The third kappa shape index (κ3) is 4.19. The Morgan fingerprint density at radius 2 is 0.756 bits per heavy atom. The summed E-state index contributed by atoms with van der Waals surface area (Å²) >= 11 is 3.75. The van der Waals surface area contributed by atoms with Crippen LogP contribution in [0, 0.1) is 0 Å². The number of nitrogens with zero attached hydrogens (tertiary/aromatic N) is 3. The van der Waals surface area contributed by atoms with Crippen molar-refractivity contribution in [3.8, 4) is 34.2 Å². The molecule has 2 aliphatic rings. The number of hydrogen-bond acceptors (Lipinski definition) is 5. The van der Waals surface area contributed by atoms with Crippen molar-refractivity contribution in [3.05, 3.63) is 174 Å². The van der Waals surface area contributed by atoms with Crippen LogP contribution in [0.2, 0.25) is 0 Å². The average Bonchev–Trinajstić information content (AvgIpc) is 3.12. The maximum Gasteiger partial charge on any atom is 0.164 e. The van der Waals surface area contributed by atoms with Gasteiger partial charge in [-0.3, -0.25) is 0 Å². The number of fused-ring (bicyclic) bond motifs is 4. The molecular weight excluding hydrogens is 587 g/mol. The molecule has 0 bridgehead atoms. The highest BCUT2D eigenvalue weighted by Crippen LogP contribution is 2.62. The van der Waals surface area contributed by atoms with Crippen LogP contribution in [0.1, 0.15) is 22.3 Å². The predicted octanol–water partition coefficient (Wildman–Crippen LogP) is 10.2. The molecule has 3 nitrogen and oxygen atoms in total. The minimum absolute atomic E-state index is 0.433. The van der Waals surface area contributed by atoms with E-state index in [4.69, 9.17) is 15.0 Å². The molecule has 0 fully saturated rings. The predicted molar refractivity (Wildman–Crippen MR) is 183 cm³/mol. The Hall–Kier alpha value is -4.97. The molecule has 212 valence electrons. The summed E-state index contributed by atoms with van der Waals surface area (Å²) in [5, 5.41) is 0. The molecule has 9 rings (SSSR count). The van der Waals surface area contributed by atoms with Crippen LogP contribution in [-0.4, -0.2) is 15.0 Å². The topological polar surface area (TPSA) is 38.7 Å². The molecule has 0 unspecified atom stereocenters. The van der Waals surface area contributed by atoms with E-state index in [9.17, 15) is 0 Å². The van der Waals surface area contributed by atoms with Crippen molar-refractivity contribution >= 4 is 23.5 Å². The van der Waals surface area contributed by atoms with Gasteiger partial charge in [-0.2, -0.15) is 0 Å². The first-order valence-electron chi connectivity index (χ1n) is 14.9. The second kappa shape index (κ2) is 10.6. The van der Waals surface area contributed by atoms with Gasteiger partial charge >= 0.3 is 0 Å². The second-order valence-corrected chi connectivity index (χ2v) is 13.4. The highest BCUT2D eigenvalue weighted by Gasteiger charge is 2.49. The first-order valence-corrected chi connectivity index (χ1v) is 16.6. The zero-order valence-corrected chi connectivity index (χ0v) is 25.7. The maximum absolute atomic E-state index is 4.98. The molecule has 0 saturated carbocycles. The highest BCUT2D eigenvalue weighted by atomic mass is 32.2. The minimum atomic E-state index is -0.433. The zero-order valence-electron chi connectivity index (χ0n) is 24.1. The van der Waals surface area contributed by atoms with E-state index in [2.05, 4.69) is 91.0 Å². The van der Waals surface area contributed by atoms with Crippen molar-refractivity contribution in [2.24, 2.45) is 0 Å². The number of hydrogen-bond donors (Lipinski definition) is 0. The lowest BCUT2D eigenvalue weighted by Gasteiger charge is -2.46. The van der Waals surface area contributed by atoms with Gasteiger partial charge in [-0.05, 0) is 46.5 Å². The van der Waals surface area contributed by atoms with Gasteiger partial charge in [0.05, 0.1) is 5.41 Å². The highest BCUT2D eigenvalue weighted by molar-refractivity contribution is 8.00. The van der Waals surface area contributed by atoms with Crippen molar-refractivity contribution in [3.63, 3.8) is 0 Å². The lowest BCUT2D eigenvalue weighted by molar-refractivity contribution is 0.663. The molecule has 0 N–H and O–H groups in total. The van der Waals surface area contributed by atoms with Crippen LogP contribution in [0.5, 0.6) is 0 Å². The second-order valence-electron chi connectivity index (χ2n) is 11.2. The molecule has 0 saturated heterocycles. The molecule has 0 radical (unpaired) electrons. The Morgan fingerprint density at radius 3 is 1.24 bits per heavy atom. The van der Waals surface area contributed by atoms with E-state index >= 15 is 0 Å². The monoisotopic (exact) mass is 611 g/mol. The number of aromatic nitrogens is 3. The van der Waals surface area contributed by atoms with E-state index in [1.54, 1.807) is 0 Å². The first kappa shape index (κ1) is 26.4. The van der Waals surface area contributed by atoms with Gasteiger partial charge in [0.1, 0.15) is 0 Å². The summed E-state index contributed by atoms with van der Waals surface area (Å²) in [5.74, 6) is 1.99. The fourth-order valence-corrected chi connectivity index (χ4v) is 9.21. The summed E-state index contributed by atoms with van der Waals surface area (Å²) in [7, 11) is 0. The molecule has 0 atom stereocenters. The molecule has 6 aromatic carbocycles. The summed E-state index contributed by atoms with van der Waals surface area (Å²) in [6.07, 6.45) is 0. The SMILES string of the molecule is c1ccc(-c2nc(-c3ccccc3)nc(-c3ccc(C45c6ccccc6Sc6cccc(c64)Sc4ccccc45)cc3)n2)cc1. The number of benzene rings is 6. The molecule has 5 heteroatoms. The van der Waals surface area contributed by atoms with E-state index in [1.165, 1.54) is 41.8 Å². The van der Waals surface area contributed by atoms with Crippen LogP contribution in [0.3, 0.4) is 0 Å². The Morgan fingerprint density at radius 1 is 0.356 bits per heavy atom. The molecule has 0 amide bonds. The van der Waals surface area contributed by atoms with Crippen molar-refractivity contribution in [2.75, 3.05) is 0 Å². The average molecular weight is 612 g/mol. The van der Waals surface area contributed by atoms with E-state index < -0.39 is 5.41 Å². The van der Waals surface area contributed by atoms with E-state index in [1.807, 2.05) is 84.2 Å². The van der Waals surface area contributed by atoms with Crippen LogP contribution >= 0.6 is 23.5 Å². The van der Waals surface area contributed by atoms with Crippen LogP contribution in [0.15, 0.2) is 171 Å². The zero-order chi connectivity index (χ0) is 29.8. The van der Waals surface area contributed by atoms with Crippen LogP contribution in [0.25, 0.3) is 34.2 Å². The van der Waals surface area contributed by atoms with Crippen LogP contribution in [-0.2, 0) is 5.41 Å². The molecule has 7 aromatic rings. The molecule has 0 spiro atoms. The molecule has 3 heterocycles.